The lowest BCUT2D eigenvalue weighted by atomic mass is 10.2. The van der Waals surface area contributed by atoms with Crippen LogP contribution < -0.4 is 10.3 Å². The predicted octanol–water partition coefficient (Wildman–Crippen LogP) is 3.93. The predicted molar refractivity (Wildman–Crippen MR) is 106 cm³/mol. The van der Waals surface area contributed by atoms with E-state index in [-0.39, 0.29) is 5.56 Å². The summed E-state index contributed by atoms with van der Waals surface area (Å²) in [7, 11) is 1.60. The second-order valence-electron chi connectivity index (χ2n) is 6.10. The number of fused-ring (bicyclic) bond motifs is 1. The van der Waals surface area contributed by atoms with Crippen molar-refractivity contribution in [3.8, 4) is 5.75 Å². The van der Waals surface area contributed by atoms with Crippen LogP contribution in [0.2, 0.25) is 0 Å². The lowest BCUT2D eigenvalue weighted by Gasteiger charge is -2.11. The molecule has 0 radical (unpaired) electrons. The normalized spacial score (nSPS) is 12.4. The average Bonchev–Trinajstić information content (AvgIpc) is 2.94. The highest BCUT2D eigenvalue weighted by atomic mass is 32.1. The molecular formula is C20H20N2O4S. The Morgan fingerprint density at radius 2 is 1.96 bits per heavy atom. The van der Waals surface area contributed by atoms with Crippen molar-refractivity contribution >= 4 is 33.6 Å². The monoisotopic (exact) mass is 384 g/mol. The highest BCUT2D eigenvalue weighted by Crippen LogP contribution is 2.27. The molecule has 7 heteroatoms. The number of rotatable bonds is 5. The minimum absolute atomic E-state index is 0.214. The number of aromatic amines is 1. The molecule has 1 aromatic carbocycles. The molecule has 0 aliphatic rings. The molecular weight excluding hydrogens is 364 g/mol. The summed E-state index contributed by atoms with van der Waals surface area (Å²) in [5.74, 6) is 0.562. The fourth-order valence-electron chi connectivity index (χ4n) is 2.61. The molecule has 27 heavy (non-hydrogen) atoms. The molecule has 0 aliphatic heterocycles. The highest BCUT2D eigenvalue weighted by Gasteiger charge is 2.17. The standard InChI is InChI=1S/C20H20N2O4S/c1-11-13(3)27-20-17(11)19(24)21-18(22-20)12(2)26-16(23)10-7-14-5-8-15(25-4)9-6-14/h5-10,12H,1-4H3,(H,21,22,24)/b10-7+/t12-/m0/s1. The topological polar surface area (TPSA) is 81.3 Å². The second-order valence-corrected chi connectivity index (χ2v) is 7.30. The Morgan fingerprint density at radius 3 is 2.63 bits per heavy atom. The van der Waals surface area contributed by atoms with Crippen LogP contribution in [0.15, 0.2) is 35.1 Å². The van der Waals surface area contributed by atoms with E-state index in [1.165, 1.54) is 17.4 Å². The number of aromatic nitrogens is 2. The lowest BCUT2D eigenvalue weighted by molar-refractivity contribution is -0.142. The maximum atomic E-state index is 12.3. The van der Waals surface area contributed by atoms with Gasteiger partial charge in [0.2, 0.25) is 0 Å². The van der Waals surface area contributed by atoms with Crippen LogP contribution in [0.3, 0.4) is 0 Å². The fraction of sp³-hybridized carbons (Fsp3) is 0.250. The number of nitrogens with one attached hydrogen (secondary N) is 1. The number of ether oxygens (including phenoxy) is 2. The Kier molecular flexibility index (Phi) is 5.41. The molecule has 0 fully saturated rings. The van der Waals surface area contributed by atoms with Crippen LogP contribution >= 0.6 is 11.3 Å². The van der Waals surface area contributed by atoms with Crippen LogP contribution in [0.4, 0.5) is 0 Å². The van der Waals surface area contributed by atoms with Crippen molar-refractivity contribution in [1.29, 1.82) is 0 Å². The van der Waals surface area contributed by atoms with Gasteiger partial charge in [0.15, 0.2) is 11.9 Å². The fourth-order valence-corrected chi connectivity index (χ4v) is 3.65. The van der Waals surface area contributed by atoms with Gasteiger partial charge in [-0.15, -0.1) is 11.3 Å². The van der Waals surface area contributed by atoms with Gasteiger partial charge in [-0.1, -0.05) is 12.1 Å². The van der Waals surface area contributed by atoms with E-state index in [2.05, 4.69) is 9.97 Å². The van der Waals surface area contributed by atoms with Crippen molar-refractivity contribution in [1.82, 2.24) is 9.97 Å². The Bertz CT molecular complexity index is 1060. The summed E-state index contributed by atoms with van der Waals surface area (Å²) in [6.45, 7) is 5.53. The number of carbonyl (C=O) groups is 1. The van der Waals surface area contributed by atoms with Gasteiger partial charge in [-0.2, -0.15) is 0 Å². The van der Waals surface area contributed by atoms with E-state index in [0.717, 1.165) is 21.8 Å². The van der Waals surface area contributed by atoms with Gasteiger partial charge in [0, 0.05) is 11.0 Å². The summed E-state index contributed by atoms with van der Waals surface area (Å²) in [6, 6.07) is 7.28. The van der Waals surface area contributed by atoms with Gasteiger partial charge in [0.25, 0.3) is 5.56 Å². The van der Waals surface area contributed by atoms with Gasteiger partial charge in [-0.25, -0.2) is 9.78 Å². The highest BCUT2D eigenvalue weighted by molar-refractivity contribution is 7.18. The number of hydrogen-bond acceptors (Lipinski definition) is 6. The first kappa shape index (κ1) is 18.8. The van der Waals surface area contributed by atoms with E-state index in [1.54, 1.807) is 20.1 Å². The summed E-state index contributed by atoms with van der Waals surface area (Å²) < 4.78 is 10.5. The molecule has 0 amide bonds. The van der Waals surface area contributed by atoms with Gasteiger partial charge in [-0.05, 0) is 50.1 Å². The minimum Gasteiger partial charge on any atom is -0.497 e. The van der Waals surface area contributed by atoms with Crippen LogP contribution in [0.1, 0.15) is 34.9 Å². The third-order valence-corrected chi connectivity index (χ3v) is 5.36. The average molecular weight is 384 g/mol. The smallest absolute Gasteiger partial charge is 0.331 e. The number of nitrogens with zero attached hydrogens (tertiary/aromatic N) is 1. The molecule has 2 heterocycles. The summed E-state index contributed by atoms with van der Waals surface area (Å²) >= 11 is 1.46. The van der Waals surface area contributed by atoms with Crippen LogP contribution in [0, 0.1) is 13.8 Å². The van der Waals surface area contributed by atoms with Crippen LogP contribution in [-0.2, 0) is 9.53 Å². The number of thiophene rings is 1. The van der Waals surface area contributed by atoms with Crippen LogP contribution in [-0.4, -0.2) is 23.0 Å². The van der Waals surface area contributed by atoms with E-state index in [0.29, 0.717) is 16.0 Å². The number of hydrogen-bond donors (Lipinski definition) is 1. The van der Waals surface area contributed by atoms with Gasteiger partial charge in [-0.3, -0.25) is 4.79 Å². The first-order valence-electron chi connectivity index (χ1n) is 8.41. The number of H-pyrrole nitrogens is 1. The van der Waals surface area contributed by atoms with E-state index in [4.69, 9.17) is 9.47 Å². The SMILES string of the molecule is COc1ccc(/C=C/C(=O)O[C@@H](C)c2nc3sc(C)c(C)c3c(=O)[nH]2)cc1. The summed E-state index contributed by atoms with van der Waals surface area (Å²) in [6.07, 6.45) is 2.33. The van der Waals surface area contributed by atoms with Crippen molar-refractivity contribution in [2.24, 2.45) is 0 Å². The minimum atomic E-state index is -0.669. The molecule has 0 unspecified atom stereocenters. The zero-order valence-electron chi connectivity index (χ0n) is 15.5. The van der Waals surface area contributed by atoms with E-state index < -0.39 is 12.1 Å². The molecule has 140 valence electrons. The molecule has 3 rings (SSSR count). The molecule has 0 aliphatic carbocycles. The van der Waals surface area contributed by atoms with E-state index in [1.807, 2.05) is 38.1 Å². The largest absolute Gasteiger partial charge is 0.497 e. The number of methoxy groups -OCH3 is 1. The zero-order chi connectivity index (χ0) is 19.6. The summed E-state index contributed by atoms with van der Waals surface area (Å²) in [4.78, 5) is 33.3. The molecule has 0 bridgehead atoms. The summed E-state index contributed by atoms with van der Waals surface area (Å²) in [5.41, 5.74) is 1.56. The zero-order valence-corrected chi connectivity index (χ0v) is 16.3. The molecule has 6 nitrogen and oxygen atoms in total. The maximum Gasteiger partial charge on any atom is 0.331 e. The molecule has 0 saturated carbocycles. The first-order valence-corrected chi connectivity index (χ1v) is 9.23. The van der Waals surface area contributed by atoms with Crippen molar-refractivity contribution in [3.05, 3.63) is 62.5 Å². The number of aryl methyl sites for hydroxylation is 2. The number of carbonyl (C=O) groups excluding carboxylic acids is 1. The van der Waals surface area contributed by atoms with Gasteiger partial charge in [0.05, 0.1) is 12.5 Å². The Balaban J connectivity index is 1.73. The first-order chi connectivity index (χ1) is 12.9. The number of benzene rings is 1. The lowest BCUT2D eigenvalue weighted by Crippen LogP contribution is -2.16. The second kappa shape index (κ2) is 7.75. The Morgan fingerprint density at radius 1 is 1.26 bits per heavy atom. The quantitative estimate of drug-likeness (QED) is 0.532. The third-order valence-electron chi connectivity index (χ3n) is 4.26. The maximum absolute atomic E-state index is 12.3. The van der Waals surface area contributed by atoms with Crippen LogP contribution in [0.25, 0.3) is 16.3 Å². The molecule has 0 saturated heterocycles. The Hall–Kier alpha value is -2.93. The molecule has 0 spiro atoms. The van der Waals surface area contributed by atoms with Crippen molar-refractivity contribution in [2.75, 3.05) is 7.11 Å². The van der Waals surface area contributed by atoms with E-state index >= 15 is 0 Å². The van der Waals surface area contributed by atoms with Gasteiger partial charge < -0.3 is 14.5 Å². The number of esters is 1. The third kappa shape index (κ3) is 4.09. The van der Waals surface area contributed by atoms with E-state index in [9.17, 15) is 9.59 Å². The van der Waals surface area contributed by atoms with Crippen molar-refractivity contribution in [3.63, 3.8) is 0 Å². The molecule has 1 N–H and O–H groups in total. The van der Waals surface area contributed by atoms with Crippen molar-refractivity contribution < 1.29 is 14.3 Å². The molecule has 3 aromatic rings. The van der Waals surface area contributed by atoms with Crippen molar-refractivity contribution in [2.45, 2.75) is 26.9 Å². The molecule has 1 atom stereocenters. The van der Waals surface area contributed by atoms with Crippen LogP contribution in [0.5, 0.6) is 5.75 Å². The van der Waals surface area contributed by atoms with Gasteiger partial charge >= 0.3 is 5.97 Å². The summed E-state index contributed by atoms with van der Waals surface area (Å²) in [5, 5.41) is 0.596. The Labute approximate surface area is 160 Å². The van der Waals surface area contributed by atoms with Gasteiger partial charge in [0.1, 0.15) is 10.6 Å². The molecule has 2 aromatic heterocycles.